The van der Waals surface area contributed by atoms with Gasteiger partial charge < -0.3 is 10.4 Å². The fraction of sp³-hybridized carbons (Fsp3) is 0.417. The lowest BCUT2D eigenvalue weighted by Crippen LogP contribution is -2.27. The normalized spacial score (nSPS) is 11.1. The molecule has 0 aliphatic carbocycles. The molecule has 0 amide bonds. The fourth-order valence-electron chi connectivity index (χ4n) is 1.24. The number of halogens is 1. The van der Waals surface area contributed by atoms with Crippen LogP contribution in [-0.2, 0) is 6.54 Å². The third kappa shape index (κ3) is 3.73. The highest BCUT2D eigenvalue weighted by atomic mass is 35.5. The standard InChI is InChI=1S/C12H15ClN2O/c1-12(2,7-14)8-15-6-9-5-10(13)3-4-11(9)16/h3-5,15-16H,6,8H2,1-2H3. The van der Waals surface area contributed by atoms with Gasteiger partial charge in [-0.3, -0.25) is 0 Å². The molecular weight excluding hydrogens is 224 g/mol. The maximum atomic E-state index is 9.56. The zero-order valence-electron chi connectivity index (χ0n) is 9.42. The Morgan fingerprint density at radius 1 is 1.50 bits per heavy atom. The van der Waals surface area contributed by atoms with Gasteiger partial charge in [0, 0.05) is 23.7 Å². The maximum absolute atomic E-state index is 9.56. The molecule has 0 spiro atoms. The van der Waals surface area contributed by atoms with Gasteiger partial charge in [-0.25, -0.2) is 0 Å². The largest absolute Gasteiger partial charge is 0.508 e. The van der Waals surface area contributed by atoms with Crippen LogP contribution in [0.2, 0.25) is 5.02 Å². The molecule has 0 saturated carbocycles. The van der Waals surface area contributed by atoms with Crippen LogP contribution in [-0.4, -0.2) is 11.7 Å². The molecule has 0 aromatic heterocycles. The van der Waals surface area contributed by atoms with Crippen LogP contribution in [0.1, 0.15) is 19.4 Å². The Kier molecular flexibility index (Phi) is 4.17. The Morgan fingerprint density at radius 3 is 2.81 bits per heavy atom. The molecule has 0 bridgehead atoms. The van der Waals surface area contributed by atoms with E-state index in [9.17, 15) is 5.11 Å². The molecule has 3 nitrogen and oxygen atoms in total. The molecule has 0 aliphatic heterocycles. The molecule has 0 aliphatic rings. The molecule has 16 heavy (non-hydrogen) atoms. The second kappa shape index (κ2) is 5.20. The zero-order chi connectivity index (χ0) is 12.2. The first-order valence-corrected chi connectivity index (χ1v) is 5.42. The van der Waals surface area contributed by atoms with Gasteiger partial charge >= 0.3 is 0 Å². The summed E-state index contributed by atoms with van der Waals surface area (Å²) in [6.07, 6.45) is 0. The van der Waals surface area contributed by atoms with E-state index in [0.717, 1.165) is 5.56 Å². The number of aromatic hydroxyl groups is 1. The molecule has 0 unspecified atom stereocenters. The van der Waals surface area contributed by atoms with E-state index in [4.69, 9.17) is 16.9 Å². The Morgan fingerprint density at radius 2 is 2.19 bits per heavy atom. The highest BCUT2D eigenvalue weighted by Gasteiger charge is 2.15. The van der Waals surface area contributed by atoms with E-state index in [1.165, 1.54) is 0 Å². The molecule has 0 radical (unpaired) electrons. The molecule has 1 aromatic rings. The summed E-state index contributed by atoms with van der Waals surface area (Å²) in [4.78, 5) is 0. The van der Waals surface area contributed by atoms with Crippen molar-refractivity contribution < 1.29 is 5.11 Å². The van der Waals surface area contributed by atoms with E-state index < -0.39 is 5.41 Å². The molecule has 0 heterocycles. The summed E-state index contributed by atoms with van der Waals surface area (Å²) < 4.78 is 0. The molecule has 0 fully saturated rings. The van der Waals surface area contributed by atoms with Gasteiger partial charge in [-0.2, -0.15) is 5.26 Å². The number of phenols is 1. The molecule has 0 atom stereocenters. The van der Waals surface area contributed by atoms with E-state index in [1.54, 1.807) is 18.2 Å². The quantitative estimate of drug-likeness (QED) is 0.848. The first kappa shape index (κ1) is 12.8. The van der Waals surface area contributed by atoms with Crippen LogP contribution in [0.4, 0.5) is 0 Å². The van der Waals surface area contributed by atoms with Gasteiger partial charge in [-0.15, -0.1) is 0 Å². The lowest BCUT2D eigenvalue weighted by Gasteiger charge is -2.16. The number of rotatable bonds is 4. The van der Waals surface area contributed by atoms with E-state index in [1.807, 2.05) is 13.8 Å². The van der Waals surface area contributed by atoms with Gasteiger partial charge in [-0.1, -0.05) is 11.6 Å². The Balaban J connectivity index is 2.56. The summed E-state index contributed by atoms with van der Waals surface area (Å²) in [5, 5.41) is 22.1. The monoisotopic (exact) mass is 238 g/mol. The number of hydrogen-bond acceptors (Lipinski definition) is 3. The first-order valence-electron chi connectivity index (χ1n) is 5.04. The van der Waals surface area contributed by atoms with Gasteiger partial charge in [-0.05, 0) is 32.0 Å². The van der Waals surface area contributed by atoms with Crippen molar-refractivity contribution >= 4 is 11.6 Å². The van der Waals surface area contributed by atoms with Gasteiger partial charge in [0.05, 0.1) is 11.5 Å². The number of benzene rings is 1. The number of hydrogen-bond donors (Lipinski definition) is 2. The van der Waals surface area contributed by atoms with Crippen molar-refractivity contribution in [1.29, 1.82) is 5.26 Å². The fourth-order valence-corrected chi connectivity index (χ4v) is 1.44. The average molecular weight is 239 g/mol. The van der Waals surface area contributed by atoms with Crippen LogP contribution in [0.15, 0.2) is 18.2 Å². The summed E-state index contributed by atoms with van der Waals surface area (Å²) in [5.74, 6) is 0.215. The van der Waals surface area contributed by atoms with Crippen molar-refractivity contribution in [2.75, 3.05) is 6.54 Å². The third-order valence-corrected chi connectivity index (χ3v) is 2.46. The minimum atomic E-state index is -0.409. The Bertz CT molecular complexity index is 410. The van der Waals surface area contributed by atoms with Crippen LogP contribution in [0.5, 0.6) is 5.75 Å². The van der Waals surface area contributed by atoms with Gasteiger partial charge in [0.2, 0.25) is 0 Å². The van der Waals surface area contributed by atoms with Gasteiger partial charge in [0.1, 0.15) is 5.75 Å². The SMILES string of the molecule is CC(C)(C#N)CNCc1cc(Cl)ccc1O. The van der Waals surface area contributed by atoms with E-state index in [-0.39, 0.29) is 5.75 Å². The molecule has 1 rings (SSSR count). The summed E-state index contributed by atoms with van der Waals surface area (Å²) in [6, 6.07) is 7.12. The molecule has 0 saturated heterocycles. The molecule has 1 aromatic carbocycles. The highest BCUT2D eigenvalue weighted by Crippen LogP contribution is 2.21. The van der Waals surface area contributed by atoms with Crippen LogP contribution >= 0.6 is 11.6 Å². The van der Waals surface area contributed by atoms with Crippen molar-refractivity contribution in [2.24, 2.45) is 5.41 Å². The summed E-state index contributed by atoms with van der Waals surface area (Å²) in [6.45, 7) is 4.78. The van der Waals surface area contributed by atoms with E-state index in [0.29, 0.717) is 18.1 Å². The number of nitrogens with one attached hydrogen (secondary N) is 1. The predicted octanol–water partition coefficient (Wildman–Crippen LogP) is 2.68. The van der Waals surface area contributed by atoms with Crippen LogP contribution in [0.25, 0.3) is 0 Å². The van der Waals surface area contributed by atoms with Crippen molar-refractivity contribution in [1.82, 2.24) is 5.32 Å². The second-order valence-electron chi connectivity index (χ2n) is 4.37. The Labute approximate surface area is 101 Å². The molecule has 4 heteroatoms. The van der Waals surface area contributed by atoms with Crippen molar-refractivity contribution in [3.8, 4) is 11.8 Å². The number of nitriles is 1. The summed E-state index contributed by atoms with van der Waals surface area (Å²) >= 11 is 5.82. The van der Waals surface area contributed by atoms with Crippen molar-refractivity contribution in [3.63, 3.8) is 0 Å². The minimum absolute atomic E-state index is 0.215. The smallest absolute Gasteiger partial charge is 0.120 e. The zero-order valence-corrected chi connectivity index (χ0v) is 10.2. The lowest BCUT2D eigenvalue weighted by molar-refractivity contribution is 0.433. The van der Waals surface area contributed by atoms with Crippen molar-refractivity contribution in [2.45, 2.75) is 20.4 Å². The van der Waals surface area contributed by atoms with Crippen LogP contribution in [0, 0.1) is 16.7 Å². The highest BCUT2D eigenvalue weighted by molar-refractivity contribution is 6.30. The third-order valence-electron chi connectivity index (χ3n) is 2.23. The first-order chi connectivity index (χ1) is 7.44. The topological polar surface area (TPSA) is 56.0 Å². The minimum Gasteiger partial charge on any atom is -0.508 e. The van der Waals surface area contributed by atoms with Gasteiger partial charge in [0.15, 0.2) is 0 Å². The predicted molar refractivity (Wildman–Crippen MR) is 64.2 cm³/mol. The molecule has 2 N–H and O–H groups in total. The molecule has 86 valence electrons. The average Bonchev–Trinajstić information content (AvgIpc) is 2.23. The van der Waals surface area contributed by atoms with E-state index in [2.05, 4.69) is 11.4 Å². The van der Waals surface area contributed by atoms with Gasteiger partial charge in [0.25, 0.3) is 0 Å². The maximum Gasteiger partial charge on any atom is 0.120 e. The van der Waals surface area contributed by atoms with Crippen LogP contribution < -0.4 is 5.32 Å². The lowest BCUT2D eigenvalue weighted by atomic mass is 9.96. The number of nitrogens with zero attached hydrogens (tertiary/aromatic N) is 1. The number of phenolic OH excluding ortho intramolecular Hbond substituents is 1. The molecular formula is C12H15ClN2O. The second-order valence-corrected chi connectivity index (χ2v) is 4.81. The summed E-state index contributed by atoms with van der Waals surface area (Å²) in [7, 11) is 0. The van der Waals surface area contributed by atoms with Crippen LogP contribution in [0.3, 0.4) is 0 Å². The van der Waals surface area contributed by atoms with Crippen molar-refractivity contribution in [3.05, 3.63) is 28.8 Å². The van der Waals surface area contributed by atoms with E-state index >= 15 is 0 Å². The summed E-state index contributed by atoms with van der Waals surface area (Å²) in [5.41, 5.74) is 0.329. The Hall–Kier alpha value is -1.24.